The molecule has 1 spiro atoms. The van der Waals surface area contributed by atoms with Crippen molar-refractivity contribution in [3.05, 3.63) is 56.0 Å². The number of halogens is 1. The molecule has 28 heavy (non-hydrogen) atoms. The van der Waals surface area contributed by atoms with Gasteiger partial charge in [0.2, 0.25) is 0 Å². The first-order valence-corrected chi connectivity index (χ1v) is 9.54. The molecule has 2 aromatic rings. The van der Waals surface area contributed by atoms with E-state index in [1.54, 1.807) is 4.90 Å². The lowest BCUT2D eigenvalue weighted by molar-refractivity contribution is -0.00597. The van der Waals surface area contributed by atoms with Gasteiger partial charge in [-0.05, 0) is 37.1 Å². The van der Waals surface area contributed by atoms with Crippen LogP contribution in [0.3, 0.4) is 0 Å². The summed E-state index contributed by atoms with van der Waals surface area (Å²) in [6.45, 7) is 4.64. The number of Topliss-reactive ketones (excluding diaryl/α,β-unsaturated/α-hetero) is 1. The molecule has 1 amide bonds. The lowest BCUT2D eigenvalue weighted by Gasteiger charge is -2.44. The second kappa shape index (κ2) is 6.74. The van der Waals surface area contributed by atoms with E-state index in [9.17, 15) is 14.4 Å². The summed E-state index contributed by atoms with van der Waals surface area (Å²) in [6.07, 6.45) is 1.38. The standard InChI is InChI=1S/C20H20ClN3O4/c1-11-9-15-17(12(2)18(11)21)14(25)10-20(28-15)5-7-24(8-6-20)19(27)13-3-4-16(26)23-22-13/h3-4,9H,5-8,10H2,1-2H3,(H,23,26). The third-order valence-corrected chi connectivity index (χ3v) is 6.17. The van der Waals surface area contributed by atoms with Crippen molar-refractivity contribution in [2.45, 2.75) is 38.7 Å². The Morgan fingerprint density at radius 2 is 1.96 bits per heavy atom. The molecular weight excluding hydrogens is 382 g/mol. The van der Waals surface area contributed by atoms with E-state index in [1.807, 2.05) is 19.9 Å². The van der Waals surface area contributed by atoms with Gasteiger partial charge in [0.05, 0.1) is 12.0 Å². The molecule has 0 aliphatic carbocycles. The number of aromatic nitrogens is 2. The molecular formula is C20H20ClN3O4. The fraction of sp³-hybridized carbons (Fsp3) is 0.400. The number of nitrogens with zero attached hydrogens (tertiary/aromatic N) is 2. The summed E-state index contributed by atoms with van der Waals surface area (Å²) in [5.41, 5.74) is 1.44. The summed E-state index contributed by atoms with van der Waals surface area (Å²) in [5.74, 6) is 0.368. The lowest BCUT2D eigenvalue weighted by Crippen LogP contribution is -2.52. The number of ketones is 1. The average Bonchev–Trinajstić information content (AvgIpc) is 2.66. The predicted molar refractivity (Wildman–Crippen MR) is 103 cm³/mol. The number of amides is 1. The number of H-pyrrole nitrogens is 1. The number of aryl methyl sites for hydroxylation is 1. The van der Waals surface area contributed by atoms with Crippen molar-refractivity contribution >= 4 is 23.3 Å². The number of ether oxygens (including phenoxy) is 1. The molecule has 1 aromatic carbocycles. The zero-order valence-corrected chi connectivity index (χ0v) is 16.4. The van der Waals surface area contributed by atoms with Crippen LogP contribution in [0.5, 0.6) is 5.75 Å². The van der Waals surface area contributed by atoms with E-state index in [1.165, 1.54) is 12.1 Å². The van der Waals surface area contributed by atoms with E-state index in [0.29, 0.717) is 42.3 Å². The molecule has 0 radical (unpaired) electrons. The van der Waals surface area contributed by atoms with Gasteiger partial charge in [0, 0.05) is 37.0 Å². The summed E-state index contributed by atoms with van der Waals surface area (Å²) in [6, 6.07) is 4.52. The van der Waals surface area contributed by atoms with E-state index in [0.717, 1.165) is 11.1 Å². The lowest BCUT2D eigenvalue weighted by atomic mass is 9.81. The number of carbonyl (C=O) groups is 2. The van der Waals surface area contributed by atoms with Crippen LogP contribution in [-0.2, 0) is 0 Å². The highest BCUT2D eigenvalue weighted by molar-refractivity contribution is 6.32. The third kappa shape index (κ3) is 3.09. The van der Waals surface area contributed by atoms with Crippen molar-refractivity contribution < 1.29 is 14.3 Å². The molecule has 0 bridgehead atoms. The second-order valence-electron chi connectivity index (χ2n) is 7.49. The Labute approximate surface area is 166 Å². The Kier molecular flexibility index (Phi) is 4.50. The number of benzene rings is 1. The zero-order chi connectivity index (χ0) is 20.1. The highest BCUT2D eigenvalue weighted by Gasteiger charge is 2.44. The van der Waals surface area contributed by atoms with Crippen LogP contribution < -0.4 is 10.3 Å². The molecule has 1 fully saturated rings. The van der Waals surface area contributed by atoms with Crippen molar-refractivity contribution in [3.8, 4) is 5.75 Å². The van der Waals surface area contributed by atoms with E-state index < -0.39 is 5.60 Å². The maximum absolute atomic E-state index is 12.8. The Balaban J connectivity index is 1.53. The summed E-state index contributed by atoms with van der Waals surface area (Å²) >= 11 is 6.30. The molecule has 0 atom stereocenters. The zero-order valence-electron chi connectivity index (χ0n) is 15.7. The molecule has 3 heterocycles. The number of likely N-dealkylation sites (tertiary alicyclic amines) is 1. The van der Waals surface area contributed by atoms with Crippen LogP contribution in [0.4, 0.5) is 0 Å². The van der Waals surface area contributed by atoms with E-state index in [4.69, 9.17) is 16.3 Å². The minimum absolute atomic E-state index is 0.0303. The Morgan fingerprint density at radius 3 is 2.61 bits per heavy atom. The topological polar surface area (TPSA) is 92.4 Å². The van der Waals surface area contributed by atoms with Gasteiger partial charge in [0.15, 0.2) is 5.78 Å². The van der Waals surface area contributed by atoms with Gasteiger partial charge in [-0.2, -0.15) is 5.10 Å². The van der Waals surface area contributed by atoms with Crippen LogP contribution in [0.1, 0.15) is 51.2 Å². The highest BCUT2D eigenvalue weighted by Crippen LogP contribution is 2.43. The van der Waals surface area contributed by atoms with Gasteiger partial charge < -0.3 is 9.64 Å². The molecule has 8 heteroatoms. The highest BCUT2D eigenvalue weighted by atomic mass is 35.5. The fourth-order valence-electron chi connectivity index (χ4n) is 4.02. The Bertz CT molecular complexity index is 1020. The molecule has 2 aliphatic heterocycles. The van der Waals surface area contributed by atoms with Crippen LogP contribution in [0, 0.1) is 13.8 Å². The van der Waals surface area contributed by atoms with Crippen molar-refractivity contribution in [1.82, 2.24) is 15.1 Å². The first kappa shape index (κ1) is 18.7. The largest absolute Gasteiger partial charge is 0.486 e. The van der Waals surface area contributed by atoms with Gasteiger partial charge >= 0.3 is 0 Å². The van der Waals surface area contributed by atoms with E-state index in [2.05, 4.69) is 10.2 Å². The summed E-state index contributed by atoms with van der Waals surface area (Å²) in [4.78, 5) is 38.2. The smallest absolute Gasteiger partial charge is 0.274 e. The number of nitrogens with one attached hydrogen (secondary N) is 1. The molecule has 0 unspecified atom stereocenters. The number of hydrogen-bond donors (Lipinski definition) is 1. The van der Waals surface area contributed by atoms with Gasteiger partial charge in [-0.25, -0.2) is 5.10 Å². The van der Waals surface area contributed by atoms with Gasteiger partial charge in [-0.15, -0.1) is 0 Å². The minimum atomic E-state index is -0.605. The van der Waals surface area contributed by atoms with Gasteiger partial charge in [-0.1, -0.05) is 11.6 Å². The summed E-state index contributed by atoms with van der Waals surface area (Å²) < 4.78 is 6.32. The molecule has 1 aromatic heterocycles. The Hall–Kier alpha value is -2.67. The number of fused-ring (bicyclic) bond motifs is 1. The monoisotopic (exact) mass is 401 g/mol. The molecule has 4 rings (SSSR count). The number of aromatic amines is 1. The SMILES string of the molecule is Cc1cc2c(c(C)c1Cl)C(=O)CC1(CCN(C(=O)c3ccc(=O)[nH]n3)CC1)O2. The molecule has 2 aliphatic rings. The minimum Gasteiger partial charge on any atom is -0.486 e. The summed E-state index contributed by atoms with van der Waals surface area (Å²) in [5, 5.41) is 6.67. The maximum atomic E-state index is 12.8. The molecule has 1 N–H and O–H groups in total. The fourth-order valence-corrected chi connectivity index (χ4v) is 4.17. The van der Waals surface area contributed by atoms with Gasteiger partial charge in [0.1, 0.15) is 17.0 Å². The molecule has 146 valence electrons. The van der Waals surface area contributed by atoms with Crippen LogP contribution >= 0.6 is 11.6 Å². The van der Waals surface area contributed by atoms with Crippen LogP contribution in [0.25, 0.3) is 0 Å². The normalized spacial score (nSPS) is 18.0. The van der Waals surface area contributed by atoms with Crippen molar-refractivity contribution in [2.24, 2.45) is 0 Å². The predicted octanol–water partition coefficient (Wildman–Crippen LogP) is 2.68. The van der Waals surface area contributed by atoms with Gasteiger partial charge in [-0.3, -0.25) is 14.4 Å². The van der Waals surface area contributed by atoms with Crippen LogP contribution in [0.15, 0.2) is 23.0 Å². The third-order valence-electron chi connectivity index (χ3n) is 5.59. The summed E-state index contributed by atoms with van der Waals surface area (Å²) in [7, 11) is 0. The Morgan fingerprint density at radius 1 is 1.25 bits per heavy atom. The number of carbonyl (C=O) groups excluding carboxylic acids is 2. The van der Waals surface area contributed by atoms with Crippen molar-refractivity contribution in [1.29, 1.82) is 0 Å². The molecule has 7 nitrogen and oxygen atoms in total. The second-order valence-corrected chi connectivity index (χ2v) is 7.87. The number of hydrogen-bond acceptors (Lipinski definition) is 5. The van der Waals surface area contributed by atoms with Crippen LogP contribution in [0.2, 0.25) is 5.02 Å². The van der Waals surface area contributed by atoms with Crippen molar-refractivity contribution in [2.75, 3.05) is 13.1 Å². The number of piperidine rings is 1. The van der Waals surface area contributed by atoms with Gasteiger partial charge in [0.25, 0.3) is 11.5 Å². The first-order chi connectivity index (χ1) is 13.3. The van der Waals surface area contributed by atoms with E-state index in [-0.39, 0.29) is 29.4 Å². The number of rotatable bonds is 1. The molecule has 0 saturated carbocycles. The maximum Gasteiger partial charge on any atom is 0.274 e. The van der Waals surface area contributed by atoms with Crippen molar-refractivity contribution in [3.63, 3.8) is 0 Å². The quantitative estimate of drug-likeness (QED) is 0.793. The molecule has 1 saturated heterocycles. The first-order valence-electron chi connectivity index (χ1n) is 9.17. The van der Waals surface area contributed by atoms with Crippen LogP contribution in [-0.4, -0.2) is 45.5 Å². The average molecular weight is 402 g/mol. The van der Waals surface area contributed by atoms with E-state index >= 15 is 0 Å².